The molecule has 4 rings (SSSR count). The topological polar surface area (TPSA) is 88.6 Å². The Kier molecular flexibility index (Phi) is 5.02. The van der Waals surface area contributed by atoms with E-state index in [2.05, 4.69) is 17.5 Å². The summed E-state index contributed by atoms with van der Waals surface area (Å²) in [5.41, 5.74) is 4.56. The van der Waals surface area contributed by atoms with Crippen LogP contribution in [0.25, 0.3) is 0 Å². The second-order valence-electron chi connectivity index (χ2n) is 7.00. The van der Waals surface area contributed by atoms with Crippen LogP contribution in [0.2, 0.25) is 0 Å². The monoisotopic (exact) mass is 378 g/mol. The van der Waals surface area contributed by atoms with E-state index in [4.69, 9.17) is 14.5 Å². The Balaban J connectivity index is 1.74. The quantitative estimate of drug-likeness (QED) is 0.763. The molecule has 4 bridgehead atoms. The summed E-state index contributed by atoms with van der Waals surface area (Å²) in [5.74, 6) is 0.774. The first-order chi connectivity index (χ1) is 13.6. The zero-order valence-corrected chi connectivity index (χ0v) is 15.8. The number of alkyl carbamates (subject to hydrolysis) is 1. The molecule has 0 spiro atoms. The number of aromatic nitrogens is 1. The summed E-state index contributed by atoms with van der Waals surface area (Å²) in [4.78, 5) is 16.6. The van der Waals surface area contributed by atoms with Crippen LogP contribution in [0.3, 0.4) is 0 Å². The number of carbonyl (C=O) groups is 1. The van der Waals surface area contributed by atoms with Crippen LogP contribution in [0, 0.1) is 11.3 Å². The molecule has 1 atom stereocenters. The SMILES string of the molecule is C[C@@H]1CCNC(=O)OCCn2cc(cc2C#N)C2=NCCc3ccc(cc32)O1. The number of nitriles is 1. The second-order valence-corrected chi connectivity index (χ2v) is 7.00. The molecule has 1 aromatic carbocycles. The molecule has 7 heteroatoms. The van der Waals surface area contributed by atoms with Crippen LogP contribution >= 0.6 is 0 Å². The molecule has 3 heterocycles. The maximum atomic E-state index is 11.8. The second kappa shape index (κ2) is 7.77. The number of nitrogens with zero attached hydrogens (tertiary/aromatic N) is 3. The van der Waals surface area contributed by atoms with Gasteiger partial charge in [-0.2, -0.15) is 5.26 Å². The largest absolute Gasteiger partial charge is 0.491 e. The molecule has 0 radical (unpaired) electrons. The highest BCUT2D eigenvalue weighted by molar-refractivity contribution is 6.14. The molecule has 2 aliphatic heterocycles. The predicted molar refractivity (Wildman–Crippen MR) is 104 cm³/mol. The normalized spacial score (nSPS) is 19.5. The van der Waals surface area contributed by atoms with Gasteiger partial charge in [0.1, 0.15) is 24.1 Å². The molecule has 0 fully saturated rings. The molecule has 28 heavy (non-hydrogen) atoms. The summed E-state index contributed by atoms with van der Waals surface area (Å²) in [6, 6.07) is 10.1. The van der Waals surface area contributed by atoms with Crippen molar-refractivity contribution in [1.29, 1.82) is 5.26 Å². The van der Waals surface area contributed by atoms with Gasteiger partial charge in [0.25, 0.3) is 0 Å². The van der Waals surface area contributed by atoms with Crippen LogP contribution in [-0.2, 0) is 17.7 Å². The van der Waals surface area contributed by atoms with Crippen LogP contribution in [-0.4, -0.2) is 42.2 Å². The number of hydrogen-bond acceptors (Lipinski definition) is 5. The van der Waals surface area contributed by atoms with Crippen LogP contribution in [0.5, 0.6) is 5.75 Å². The van der Waals surface area contributed by atoms with Gasteiger partial charge in [0.2, 0.25) is 0 Å². The average Bonchev–Trinajstić information content (AvgIpc) is 3.10. The van der Waals surface area contributed by atoms with Crippen LogP contribution in [0.4, 0.5) is 4.79 Å². The lowest BCUT2D eigenvalue weighted by atomic mass is 9.94. The Labute approximate surface area is 163 Å². The molecule has 0 saturated carbocycles. The van der Waals surface area contributed by atoms with Gasteiger partial charge in [0.05, 0.1) is 18.4 Å². The summed E-state index contributed by atoms with van der Waals surface area (Å²) >= 11 is 0. The van der Waals surface area contributed by atoms with E-state index in [-0.39, 0.29) is 12.7 Å². The predicted octanol–water partition coefficient (Wildman–Crippen LogP) is 2.65. The fourth-order valence-electron chi connectivity index (χ4n) is 3.56. The third-order valence-electron chi connectivity index (χ3n) is 4.99. The Hall–Kier alpha value is -3.27. The first-order valence-corrected chi connectivity index (χ1v) is 9.49. The zero-order valence-electron chi connectivity index (χ0n) is 15.8. The van der Waals surface area contributed by atoms with Gasteiger partial charge in [0.15, 0.2) is 0 Å². The number of amides is 1. The number of cyclic esters (lactones) is 1. The fraction of sp³-hybridized carbons (Fsp3) is 0.381. The Bertz CT molecular complexity index is 971. The lowest BCUT2D eigenvalue weighted by Crippen LogP contribution is -2.29. The smallest absolute Gasteiger partial charge is 0.407 e. The molecule has 144 valence electrons. The summed E-state index contributed by atoms with van der Waals surface area (Å²) in [5, 5.41) is 12.2. The van der Waals surface area contributed by atoms with Crippen molar-refractivity contribution < 1.29 is 14.3 Å². The van der Waals surface area contributed by atoms with Gasteiger partial charge in [0, 0.05) is 36.8 Å². The number of fused-ring (bicyclic) bond motifs is 4. The van der Waals surface area contributed by atoms with Gasteiger partial charge < -0.3 is 19.4 Å². The highest BCUT2D eigenvalue weighted by atomic mass is 16.5. The molecular formula is C21H22N4O3. The Morgan fingerprint density at radius 3 is 3.11 bits per heavy atom. The van der Waals surface area contributed by atoms with E-state index < -0.39 is 6.09 Å². The van der Waals surface area contributed by atoms with Crippen molar-refractivity contribution in [2.24, 2.45) is 4.99 Å². The van der Waals surface area contributed by atoms with E-state index in [1.807, 2.05) is 31.3 Å². The van der Waals surface area contributed by atoms with E-state index in [0.717, 1.165) is 35.6 Å². The first-order valence-electron chi connectivity index (χ1n) is 9.49. The maximum Gasteiger partial charge on any atom is 0.407 e. The van der Waals surface area contributed by atoms with Crippen molar-refractivity contribution in [2.75, 3.05) is 19.7 Å². The molecule has 7 nitrogen and oxygen atoms in total. The number of rotatable bonds is 0. The number of hydrogen-bond donors (Lipinski definition) is 1. The van der Waals surface area contributed by atoms with Gasteiger partial charge in [-0.15, -0.1) is 0 Å². The molecule has 1 N–H and O–H groups in total. The minimum atomic E-state index is -0.464. The standard InChI is InChI=1S/C21H22N4O3/c1-14-4-6-24-21(26)27-9-8-25-13-16(10-17(25)12-22)20-19-11-18(28-14)3-2-15(19)5-7-23-20/h2-3,10-11,13-14H,4-9H2,1H3,(H,24,26)/t14-/m1/s1. The van der Waals surface area contributed by atoms with Crippen molar-refractivity contribution in [1.82, 2.24) is 9.88 Å². The lowest BCUT2D eigenvalue weighted by molar-refractivity contribution is 0.139. The van der Waals surface area contributed by atoms with E-state index in [9.17, 15) is 10.1 Å². The van der Waals surface area contributed by atoms with E-state index >= 15 is 0 Å². The van der Waals surface area contributed by atoms with Gasteiger partial charge in [-0.1, -0.05) is 6.07 Å². The van der Waals surface area contributed by atoms with Gasteiger partial charge in [-0.25, -0.2) is 4.79 Å². The van der Waals surface area contributed by atoms with Crippen molar-refractivity contribution in [2.45, 2.75) is 32.4 Å². The highest BCUT2D eigenvalue weighted by Crippen LogP contribution is 2.27. The molecular weight excluding hydrogens is 356 g/mol. The molecule has 2 aromatic rings. The van der Waals surface area contributed by atoms with E-state index in [1.165, 1.54) is 5.56 Å². The molecule has 0 aliphatic carbocycles. The number of benzene rings is 1. The Morgan fingerprint density at radius 1 is 1.36 bits per heavy atom. The summed E-state index contributed by atoms with van der Waals surface area (Å²) in [7, 11) is 0. The van der Waals surface area contributed by atoms with Crippen molar-refractivity contribution in [3.63, 3.8) is 0 Å². The number of nitrogens with one attached hydrogen (secondary N) is 1. The molecule has 1 amide bonds. The third-order valence-corrected chi connectivity index (χ3v) is 4.99. The Morgan fingerprint density at radius 2 is 2.25 bits per heavy atom. The zero-order chi connectivity index (χ0) is 19.5. The van der Waals surface area contributed by atoms with Crippen molar-refractivity contribution in [3.8, 4) is 11.8 Å². The minimum Gasteiger partial charge on any atom is -0.491 e. The average molecular weight is 378 g/mol. The van der Waals surface area contributed by atoms with Crippen molar-refractivity contribution >= 4 is 11.8 Å². The van der Waals surface area contributed by atoms with Gasteiger partial charge in [-0.05, 0) is 37.1 Å². The number of ether oxygens (including phenoxy) is 2. The minimum absolute atomic E-state index is 0.0542. The number of carbonyl (C=O) groups excluding carboxylic acids is 1. The molecule has 0 unspecified atom stereocenters. The van der Waals surface area contributed by atoms with E-state index in [1.54, 1.807) is 4.57 Å². The maximum absolute atomic E-state index is 11.8. The summed E-state index contributed by atoms with van der Waals surface area (Å²) < 4.78 is 13.1. The highest BCUT2D eigenvalue weighted by Gasteiger charge is 2.20. The van der Waals surface area contributed by atoms with Gasteiger partial charge >= 0.3 is 6.09 Å². The van der Waals surface area contributed by atoms with Crippen molar-refractivity contribution in [3.05, 3.63) is 52.8 Å². The molecule has 1 aromatic heterocycles. The molecule has 0 saturated heterocycles. The van der Waals surface area contributed by atoms with Crippen LogP contribution < -0.4 is 10.1 Å². The summed E-state index contributed by atoms with van der Waals surface area (Å²) in [6.45, 7) is 3.76. The van der Waals surface area contributed by atoms with Crippen LogP contribution in [0.1, 0.15) is 35.7 Å². The van der Waals surface area contributed by atoms with Gasteiger partial charge in [-0.3, -0.25) is 4.99 Å². The number of aliphatic imine (C=N–C) groups is 1. The lowest BCUT2D eigenvalue weighted by Gasteiger charge is -2.20. The third kappa shape index (κ3) is 3.72. The first kappa shape index (κ1) is 18.1. The summed E-state index contributed by atoms with van der Waals surface area (Å²) in [6.07, 6.45) is 2.94. The van der Waals surface area contributed by atoms with E-state index in [0.29, 0.717) is 25.2 Å². The fourth-order valence-corrected chi connectivity index (χ4v) is 3.56. The van der Waals surface area contributed by atoms with Crippen LogP contribution in [0.15, 0.2) is 35.5 Å². The molecule has 2 aliphatic rings.